The van der Waals surface area contributed by atoms with Gasteiger partial charge in [-0.3, -0.25) is 14.2 Å². The van der Waals surface area contributed by atoms with Crippen LogP contribution in [-0.2, 0) is 21.5 Å². The number of hydrogen-bond donors (Lipinski definition) is 1. The van der Waals surface area contributed by atoms with Crippen LogP contribution in [0.15, 0.2) is 42.1 Å². The Bertz CT molecular complexity index is 731. The van der Waals surface area contributed by atoms with Crippen LogP contribution in [0.2, 0.25) is 0 Å². The minimum absolute atomic E-state index is 0.268. The molecule has 1 amide bonds. The van der Waals surface area contributed by atoms with E-state index in [2.05, 4.69) is 0 Å². The molecule has 1 atom stereocenters. The molecular weight excluding hydrogens is 337 g/mol. The summed E-state index contributed by atoms with van der Waals surface area (Å²) in [5.74, 6) is -1.15. The number of amides is 1. The zero-order valence-corrected chi connectivity index (χ0v) is 12.7. The molecule has 1 aromatic rings. The Morgan fingerprint density at radius 2 is 1.78 bits per heavy atom. The minimum atomic E-state index is -4.98. The summed E-state index contributed by atoms with van der Waals surface area (Å²) < 4.78 is 71.2. The average Bonchev–Trinajstić information content (AvgIpc) is 2.41. The van der Waals surface area contributed by atoms with Gasteiger partial charge < -0.3 is 4.90 Å². The Hall–Kier alpha value is -2.07. The van der Waals surface area contributed by atoms with Crippen molar-refractivity contribution in [3.05, 3.63) is 47.7 Å². The number of halogens is 3. The van der Waals surface area contributed by atoms with Gasteiger partial charge in [0.2, 0.25) is 5.50 Å². The smallest absolute Gasteiger partial charge is 0.335 e. The van der Waals surface area contributed by atoms with E-state index in [0.717, 1.165) is 7.05 Å². The molecule has 2 rings (SSSR count). The molecular formula is C13H13F3N2O4S. The van der Waals surface area contributed by atoms with Crippen molar-refractivity contribution in [2.75, 3.05) is 7.05 Å². The van der Waals surface area contributed by atoms with E-state index in [-0.39, 0.29) is 6.54 Å². The molecule has 0 spiro atoms. The first kappa shape index (κ1) is 17.3. The lowest BCUT2D eigenvalue weighted by Gasteiger charge is -2.40. The minimum Gasteiger partial charge on any atom is -0.335 e. The Morgan fingerprint density at radius 1 is 1.22 bits per heavy atom. The van der Waals surface area contributed by atoms with E-state index in [4.69, 9.17) is 0 Å². The van der Waals surface area contributed by atoms with E-state index in [0.29, 0.717) is 21.4 Å². The van der Waals surface area contributed by atoms with Gasteiger partial charge in [-0.2, -0.15) is 21.6 Å². The molecule has 0 aromatic heterocycles. The molecule has 0 bridgehead atoms. The van der Waals surface area contributed by atoms with Crippen molar-refractivity contribution in [3.8, 4) is 0 Å². The normalized spacial score (nSPS) is 19.8. The average molecular weight is 350 g/mol. The van der Waals surface area contributed by atoms with Gasteiger partial charge in [0.25, 0.3) is 5.91 Å². The molecule has 6 nitrogen and oxygen atoms in total. The van der Waals surface area contributed by atoms with Gasteiger partial charge in [0, 0.05) is 19.7 Å². The van der Waals surface area contributed by atoms with E-state index in [1.807, 2.05) is 0 Å². The summed E-state index contributed by atoms with van der Waals surface area (Å²) in [6, 6.07) is 8.12. The van der Waals surface area contributed by atoms with Gasteiger partial charge in [-0.15, -0.1) is 0 Å². The molecule has 0 radical (unpaired) electrons. The second-order valence-corrected chi connectivity index (χ2v) is 6.38. The molecule has 1 aliphatic heterocycles. The molecule has 0 aliphatic carbocycles. The summed E-state index contributed by atoms with van der Waals surface area (Å²) in [7, 11) is -4.13. The Morgan fingerprint density at radius 3 is 2.26 bits per heavy atom. The second-order valence-electron chi connectivity index (χ2n) is 4.93. The van der Waals surface area contributed by atoms with Crippen LogP contribution in [0.5, 0.6) is 0 Å². The van der Waals surface area contributed by atoms with Crippen molar-refractivity contribution in [3.63, 3.8) is 0 Å². The van der Waals surface area contributed by atoms with E-state index in [9.17, 15) is 30.9 Å². The number of rotatable bonds is 3. The summed E-state index contributed by atoms with van der Waals surface area (Å²) in [6.45, 7) is -0.268. The maximum atomic E-state index is 12.9. The number of hydrogen-bond acceptors (Lipinski definition) is 4. The van der Waals surface area contributed by atoms with Crippen molar-refractivity contribution in [2.24, 2.45) is 0 Å². The summed E-state index contributed by atoms with van der Waals surface area (Å²) in [6.07, 6.45) is -4.61. The second kappa shape index (κ2) is 5.85. The predicted octanol–water partition coefficient (Wildman–Crippen LogP) is 1.58. The fourth-order valence-electron chi connectivity index (χ4n) is 2.32. The molecule has 0 fully saturated rings. The van der Waals surface area contributed by atoms with E-state index in [1.54, 1.807) is 30.3 Å². The van der Waals surface area contributed by atoms with Gasteiger partial charge in [0.1, 0.15) is 5.70 Å². The molecule has 0 saturated carbocycles. The highest BCUT2D eigenvalue weighted by molar-refractivity contribution is 7.86. The van der Waals surface area contributed by atoms with Crippen LogP contribution in [0.25, 0.3) is 0 Å². The summed E-state index contributed by atoms with van der Waals surface area (Å²) in [5, 5.41) is 0. The molecule has 126 valence electrons. The summed E-state index contributed by atoms with van der Waals surface area (Å²) in [4.78, 5) is 13.0. The first-order valence-electron chi connectivity index (χ1n) is 6.34. The van der Waals surface area contributed by atoms with Gasteiger partial charge in [-0.1, -0.05) is 30.3 Å². The summed E-state index contributed by atoms with van der Waals surface area (Å²) in [5.41, 5.74) is -3.09. The molecule has 1 aliphatic rings. The van der Waals surface area contributed by atoms with Crippen LogP contribution in [0.4, 0.5) is 13.2 Å². The zero-order chi connectivity index (χ0) is 17.4. The van der Waals surface area contributed by atoms with Crippen LogP contribution in [-0.4, -0.2) is 47.4 Å². The van der Waals surface area contributed by atoms with Crippen LogP contribution >= 0.6 is 0 Å². The van der Waals surface area contributed by atoms with E-state index >= 15 is 0 Å². The highest BCUT2D eigenvalue weighted by Crippen LogP contribution is 2.34. The highest BCUT2D eigenvalue weighted by Gasteiger charge is 2.48. The van der Waals surface area contributed by atoms with Crippen molar-refractivity contribution >= 4 is 16.0 Å². The van der Waals surface area contributed by atoms with Crippen LogP contribution in [0, 0.1) is 0 Å². The first-order valence-corrected chi connectivity index (χ1v) is 7.84. The SMILES string of the molecule is CN1C(C(F)(F)F)=CC(=O)N(Cc2ccccc2)C1S(=O)(=O)O. The predicted molar refractivity (Wildman–Crippen MR) is 74.2 cm³/mol. The first-order chi connectivity index (χ1) is 10.5. The number of benzene rings is 1. The number of alkyl halides is 3. The molecule has 1 unspecified atom stereocenters. The van der Waals surface area contributed by atoms with Crippen LogP contribution in [0.1, 0.15) is 5.56 Å². The van der Waals surface area contributed by atoms with Gasteiger partial charge in [0.05, 0.1) is 0 Å². The number of carbonyl (C=O) groups excluding carboxylic acids is 1. The third-order valence-corrected chi connectivity index (χ3v) is 4.38. The number of allylic oxidation sites excluding steroid dienone is 1. The largest absolute Gasteiger partial charge is 0.431 e. The lowest BCUT2D eigenvalue weighted by atomic mass is 10.2. The van der Waals surface area contributed by atoms with Gasteiger partial charge in [0.15, 0.2) is 0 Å². The third kappa shape index (κ3) is 3.64. The molecule has 1 heterocycles. The lowest BCUT2D eigenvalue weighted by molar-refractivity contribution is -0.142. The maximum Gasteiger partial charge on any atom is 0.431 e. The van der Waals surface area contributed by atoms with E-state index in [1.165, 1.54) is 0 Å². The molecule has 1 N–H and O–H groups in total. The Kier molecular flexibility index (Phi) is 4.40. The topological polar surface area (TPSA) is 77.9 Å². The lowest BCUT2D eigenvalue weighted by Crippen LogP contribution is -2.57. The van der Waals surface area contributed by atoms with Crippen LogP contribution in [0.3, 0.4) is 0 Å². The zero-order valence-electron chi connectivity index (χ0n) is 11.9. The molecule has 10 heteroatoms. The van der Waals surface area contributed by atoms with Gasteiger partial charge >= 0.3 is 16.3 Å². The molecule has 1 aromatic carbocycles. The fourth-order valence-corrected chi connectivity index (χ4v) is 3.33. The van der Waals surface area contributed by atoms with Crippen molar-refractivity contribution in [1.29, 1.82) is 0 Å². The van der Waals surface area contributed by atoms with E-state index < -0.39 is 33.4 Å². The maximum absolute atomic E-state index is 12.9. The monoisotopic (exact) mass is 350 g/mol. The van der Waals surface area contributed by atoms with Gasteiger partial charge in [-0.05, 0) is 5.56 Å². The standard InChI is InChI=1S/C13H13F3N2O4S/c1-17-10(13(14,15)16)7-11(19)18(12(17)23(20,21)22)8-9-5-3-2-4-6-9/h2-7,12H,8H2,1H3,(H,20,21,22). The van der Waals surface area contributed by atoms with Gasteiger partial charge in [-0.25, -0.2) is 0 Å². The summed E-state index contributed by atoms with van der Waals surface area (Å²) >= 11 is 0. The molecule has 0 saturated heterocycles. The Balaban J connectivity index is 2.48. The van der Waals surface area contributed by atoms with Crippen LogP contribution < -0.4 is 0 Å². The quantitative estimate of drug-likeness (QED) is 0.838. The fraction of sp³-hybridized carbons (Fsp3) is 0.308. The van der Waals surface area contributed by atoms with Crippen molar-refractivity contribution in [1.82, 2.24) is 9.80 Å². The number of nitrogens with zero attached hydrogens (tertiary/aromatic N) is 2. The molecule has 23 heavy (non-hydrogen) atoms. The third-order valence-electron chi connectivity index (χ3n) is 3.27. The van der Waals surface area contributed by atoms with Crippen molar-refractivity contribution in [2.45, 2.75) is 18.2 Å². The number of carbonyl (C=O) groups is 1. The van der Waals surface area contributed by atoms with Crippen molar-refractivity contribution < 1.29 is 30.9 Å². The Labute approximate surface area is 130 Å². The highest BCUT2D eigenvalue weighted by atomic mass is 32.2.